The van der Waals surface area contributed by atoms with E-state index in [1.807, 2.05) is 18.2 Å². The topological polar surface area (TPSA) is 80.2 Å². The molecule has 0 aliphatic heterocycles. The van der Waals surface area contributed by atoms with E-state index in [0.29, 0.717) is 17.1 Å². The molecule has 0 bridgehead atoms. The van der Waals surface area contributed by atoms with Crippen molar-refractivity contribution in [2.45, 2.75) is 0 Å². The third-order valence-electron chi connectivity index (χ3n) is 2.72. The van der Waals surface area contributed by atoms with E-state index >= 15 is 0 Å². The van der Waals surface area contributed by atoms with Crippen molar-refractivity contribution in [3.63, 3.8) is 0 Å². The Morgan fingerprint density at radius 1 is 1.27 bits per heavy atom. The number of phenolic OH excluding ortho intramolecular Hbond substituents is 1. The zero-order chi connectivity index (χ0) is 15.8. The summed E-state index contributed by atoms with van der Waals surface area (Å²) < 4.78 is 10.2. The maximum Gasteiger partial charge on any atom is 0.277 e. The molecule has 0 heterocycles. The molecule has 6 nitrogen and oxygen atoms in total. The molecule has 0 unspecified atom stereocenters. The molecule has 0 radical (unpaired) electrons. The standard InChI is InChI=1S/C16H16N2O4/c1-21-15-8-7-12(9-14(15)19)10-17-18-16(20)11-22-13-5-3-2-4-6-13/h2-10,19H,11H2,1H3,(H,18,20)/b17-10-. The fraction of sp³-hybridized carbons (Fsp3) is 0.125. The molecule has 0 aliphatic carbocycles. The Morgan fingerprint density at radius 3 is 2.73 bits per heavy atom. The van der Waals surface area contributed by atoms with Gasteiger partial charge in [-0.05, 0) is 35.9 Å². The van der Waals surface area contributed by atoms with Crippen LogP contribution in [0.5, 0.6) is 17.2 Å². The summed E-state index contributed by atoms with van der Waals surface area (Å²) in [5.41, 5.74) is 2.97. The highest BCUT2D eigenvalue weighted by molar-refractivity contribution is 5.83. The van der Waals surface area contributed by atoms with Gasteiger partial charge < -0.3 is 14.6 Å². The van der Waals surface area contributed by atoms with Gasteiger partial charge in [-0.15, -0.1) is 0 Å². The summed E-state index contributed by atoms with van der Waals surface area (Å²) in [6.07, 6.45) is 1.42. The lowest BCUT2D eigenvalue weighted by atomic mass is 10.2. The predicted octanol–water partition coefficient (Wildman–Crippen LogP) is 1.93. The maximum atomic E-state index is 11.6. The molecule has 2 aromatic carbocycles. The molecule has 0 spiro atoms. The molecule has 0 atom stereocenters. The predicted molar refractivity (Wildman–Crippen MR) is 82.3 cm³/mol. The minimum absolute atomic E-state index is 0.00480. The van der Waals surface area contributed by atoms with Gasteiger partial charge in [-0.25, -0.2) is 5.43 Å². The van der Waals surface area contributed by atoms with Gasteiger partial charge in [0.15, 0.2) is 18.1 Å². The third kappa shape index (κ3) is 4.52. The van der Waals surface area contributed by atoms with Crippen LogP contribution in [0.25, 0.3) is 0 Å². The molecule has 0 fully saturated rings. The number of aromatic hydroxyl groups is 1. The monoisotopic (exact) mass is 300 g/mol. The van der Waals surface area contributed by atoms with Gasteiger partial charge in [0.05, 0.1) is 13.3 Å². The molecular formula is C16H16N2O4. The number of rotatable bonds is 6. The van der Waals surface area contributed by atoms with Crippen LogP contribution in [0.2, 0.25) is 0 Å². The highest BCUT2D eigenvalue weighted by atomic mass is 16.5. The van der Waals surface area contributed by atoms with E-state index in [2.05, 4.69) is 10.5 Å². The van der Waals surface area contributed by atoms with E-state index in [4.69, 9.17) is 9.47 Å². The number of carbonyl (C=O) groups is 1. The zero-order valence-corrected chi connectivity index (χ0v) is 12.0. The highest BCUT2D eigenvalue weighted by Gasteiger charge is 2.02. The van der Waals surface area contributed by atoms with Crippen molar-refractivity contribution < 1.29 is 19.4 Å². The van der Waals surface area contributed by atoms with Crippen LogP contribution in [0.1, 0.15) is 5.56 Å². The van der Waals surface area contributed by atoms with E-state index in [1.165, 1.54) is 19.4 Å². The summed E-state index contributed by atoms with van der Waals surface area (Å²) in [7, 11) is 1.47. The number of hydrogen-bond acceptors (Lipinski definition) is 5. The van der Waals surface area contributed by atoms with Gasteiger partial charge in [0.1, 0.15) is 5.75 Å². The molecule has 6 heteroatoms. The number of nitrogens with one attached hydrogen (secondary N) is 1. The molecule has 2 aromatic rings. The Kier molecular flexibility index (Phi) is 5.37. The Bertz CT molecular complexity index is 656. The summed E-state index contributed by atoms with van der Waals surface area (Å²) in [4.78, 5) is 11.6. The van der Waals surface area contributed by atoms with Crippen molar-refractivity contribution in [3.05, 3.63) is 54.1 Å². The largest absolute Gasteiger partial charge is 0.504 e. The summed E-state index contributed by atoms with van der Waals surface area (Å²) in [5.74, 6) is 0.613. The molecule has 2 rings (SSSR count). The van der Waals surface area contributed by atoms with Gasteiger partial charge in [0.25, 0.3) is 5.91 Å². The van der Waals surface area contributed by atoms with Crippen LogP contribution in [0.4, 0.5) is 0 Å². The van der Waals surface area contributed by atoms with Crippen molar-refractivity contribution in [3.8, 4) is 17.2 Å². The average molecular weight is 300 g/mol. The van der Waals surface area contributed by atoms with Crippen molar-refractivity contribution >= 4 is 12.1 Å². The van der Waals surface area contributed by atoms with Crippen LogP contribution in [-0.4, -0.2) is 30.9 Å². The second-order valence-electron chi connectivity index (χ2n) is 4.33. The number of phenols is 1. The SMILES string of the molecule is COc1ccc(/C=N\NC(=O)COc2ccccc2)cc1O. The fourth-order valence-electron chi connectivity index (χ4n) is 1.66. The van der Waals surface area contributed by atoms with Gasteiger partial charge in [-0.3, -0.25) is 4.79 Å². The minimum atomic E-state index is -0.377. The molecule has 0 saturated carbocycles. The van der Waals surface area contributed by atoms with Crippen LogP contribution in [0.15, 0.2) is 53.6 Å². The highest BCUT2D eigenvalue weighted by Crippen LogP contribution is 2.25. The normalized spacial score (nSPS) is 10.4. The first kappa shape index (κ1) is 15.4. The number of benzene rings is 2. The number of para-hydroxylation sites is 1. The van der Waals surface area contributed by atoms with E-state index < -0.39 is 0 Å². The molecule has 0 saturated heterocycles. The van der Waals surface area contributed by atoms with Gasteiger partial charge in [-0.1, -0.05) is 18.2 Å². The lowest BCUT2D eigenvalue weighted by Gasteiger charge is -2.04. The fourth-order valence-corrected chi connectivity index (χ4v) is 1.66. The quantitative estimate of drug-likeness (QED) is 0.631. The van der Waals surface area contributed by atoms with E-state index in [1.54, 1.807) is 24.3 Å². The lowest BCUT2D eigenvalue weighted by molar-refractivity contribution is -0.123. The van der Waals surface area contributed by atoms with Crippen LogP contribution in [0, 0.1) is 0 Å². The number of amides is 1. The maximum absolute atomic E-state index is 11.6. The Balaban J connectivity index is 1.81. The smallest absolute Gasteiger partial charge is 0.277 e. The third-order valence-corrected chi connectivity index (χ3v) is 2.72. The van der Waals surface area contributed by atoms with Gasteiger partial charge >= 0.3 is 0 Å². The summed E-state index contributed by atoms with van der Waals surface area (Å²) >= 11 is 0. The second kappa shape index (κ2) is 7.68. The Labute approximate surface area is 128 Å². The van der Waals surface area contributed by atoms with E-state index in [9.17, 15) is 9.90 Å². The van der Waals surface area contributed by atoms with E-state index in [-0.39, 0.29) is 18.3 Å². The summed E-state index contributed by atoms with van der Waals surface area (Å²) in [6.45, 7) is -0.130. The Hall–Kier alpha value is -3.02. The first-order valence-electron chi connectivity index (χ1n) is 6.56. The number of methoxy groups -OCH3 is 1. The van der Waals surface area contributed by atoms with E-state index in [0.717, 1.165) is 0 Å². The van der Waals surface area contributed by atoms with Crippen molar-refractivity contribution in [1.29, 1.82) is 0 Å². The number of nitrogens with zero attached hydrogens (tertiary/aromatic N) is 1. The number of hydrogen-bond donors (Lipinski definition) is 2. The van der Waals surface area contributed by atoms with Crippen LogP contribution in [0.3, 0.4) is 0 Å². The summed E-state index contributed by atoms with van der Waals surface area (Å²) in [6, 6.07) is 13.8. The van der Waals surface area contributed by atoms with Crippen molar-refractivity contribution in [2.24, 2.45) is 5.10 Å². The Morgan fingerprint density at radius 2 is 2.05 bits per heavy atom. The molecule has 1 amide bonds. The van der Waals surface area contributed by atoms with Crippen molar-refractivity contribution in [1.82, 2.24) is 5.43 Å². The zero-order valence-electron chi connectivity index (χ0n) is 12.0. The molecular weight excluding hydrogens is 284 g/mol. The molecule has 114 valence electrons. The first-order valence-corrected chi connectivity index (χ1v) is 6.56. The molecule has 0 aliphatic rings. The number of carbonyl (C=O) groups excluding carboxylic acids is 1. The molecule has 22 heavy (non-hydrogen) atoms. The van der Waals surface area contributed by atoms with Gasteiger partial charge in [-0.2, -0.15) is 5.10 Å². The molecule has 2 N–H and O–H groups in total. The number of ether oxygens (including phenoxy) is 2. The van der Waals surface area contributed by atoms with Crippen molar-refractivity contribution in [2.75, 3.05) is 13.7 Å². The van der Waals surface area contributed by atoms with Crippen LogP contribution < -0.4 is 14.9 Å². The average Bonchev–Trinajstić information content (AvgIpc) is 2.54. The lowest BCUT2D eigenvalue weighted by Crippen LogP contribution is -2.24. The first-order chi connectivity index (χ1) is 10.7. The summed E-state index contributed by atoms with van der Waals surface area (Å²) in [5, 5.41) is 13.4. The van der Waals surface area contributed by atoms with Crippen LogP contribution in [-0.2, 0) is 4.79 Å². The molecule has 0 aromatic heterocycles. The second-order valence-corrected chi connectivity index (χ2v) is 4.33. The van der Waals surface area contributed by atoms with Gasteiger partial charge in [0, 0.05) is 0 Å². The number of hydrazone groups is 1. The van der Waals surface area contributed by atoms with Crippen LogP contribution >= 0.6 is 0 Å². The van der Waals surface area contributed by atoms with Gasteiger partial charge in [0.2, 0.25) is 0 Å². The minimum Gasteiger partial charge on any atom is -0.504 e.